The fourth-order valence-corrected chi connectivity index (χ4v) is 4.93. The van der Waals surface area contributed by atoms with E-state index in [-0.39, 0.29) is 23.8 Å². The van der Waals surface area contributed by atoms with Crippen LogP contribution in [-0.4, -0.2) is 67.7 Å². The average molecular weight is 506 g/mol. The third-order valence-corrected chi connectivity index (χ3v) is 6.91. The molecule has 3 aromatic rings. The molecule has 1 fully saturated rings. The number of Topliss-reactive ketones (excluding diaryl/α,β-unsaturated/α-hetero) is 1. The second-order valence-electron chi connectivity index (χ2n) is 9.07. The summed E-state index contributed by atoms with van der Waals surface area (Å²) in [5.41, 5.74) is 1.00. The Morgan fingerprint density at radius 1 is 1.03 bits per heavy atom. The Kier molecular flexibility index (Phi) is 6.32. The van der Waals surface area contributed by atoms with Crippen molar-refractivity contribution in [3.63, 3.8) is 0 Å². The van der Waals surface area contributed by atoms with Crippen molar-refractivity contribution >= 4 is 34.4 Å². The summed E-state index contributed by atoms with van der Waals surface area (Å²) >= 11 is 0. The van der Waals surface area contributed by atoms with E-state index in [1.54, 1.807) is 49.5 Å². The first kappa shape index (κ1) is 24.4. The predicted molar refractivity (Wildman–Crippen MR) is 135 cm³/mol. The van der Waals surface area contributed by atoms with E-state index in [9.17, 15) is 14.4 Å². The first-order chi connectivity index (χ1) is 17.9. The zero-order chi connectivity index (χ0) is 26.2. The van der Waals surface area contributed by atoms with Crippen molar-refractivity contribution in [2.75, 3.05) is 39.7 Å². The largest absolute Gasteiger partial charge is 0.496 e. The summed E-state index contributed by atoms with van der Waals surface area (Å²) in [6, 6.07) is 12.1. The molecule has 2 aliphatic heterocycles. The van der Waals surface area contributed by atoms with Gasteiger partial charge in [0.1, 0.15) is 34.1 Å². The van der Waals surface area contributed by atoms with E-state index >= 15 is 0 Å². The van der Waals surface area contributed by atoms with Crippen LogP contribution in [-0.2, 0) is 4.74 Å². The summed E-state index contributed by atoms with van der Waals surface area (Å²) in [6.45, 7) is 0.828. The van der Waals surface area contributed by atoms with E-state index in [2.05, 4.69) is 15.0 Å². The van der Waals surface area contributed by atoms with Gasteiger partial charge in [0.25, 0.3) is 5.91 Å². The smallest absolute Gasteiger partial charge is 0.411 e. The minimum atomic E-state index is -0.685. The normalized spacial score (nSPS) is 16.1. The maximum absolute atomic E-state index is 13.4. The highest BCUT2D eigenvalue weighted by molar-refractivity contribution is 6.02. The molecule has 1 spiro atoms. The van der Waals surface area contributed by atoms with Gasteiger partial charge in [-0.1, -0.05) is 6.07 Å². The molecule has 3 heterocycles. The molecule has 0 saturated carbocycles. The van der Waals surface area contributed by atoms with Crippen molar-refractivity contribution < 1.29 is 33.3 Å². The lowest BCUT2D eigenvalue weighted by Gasteiger charge is -2.44. The third kappa shape index (κ3) is 4.50. The number of hydrogen-bond donors (Lipinski definition) is 1. The van der Waals surface area contributed by atoms with E-state index in [1.165, 1.54) is 7.11 Å². The Bertz CT molecular complexity index is 1400. The van der Waals surface area contributed by atoms with Gasteiger partial charge in [0.15, 0.2) is 5.78 Å². The number of likely N-dealkylation sites (tertiary alicyclic amines) is 1. The second-order valence-corrected chi connectivity index (χ2v) is 9.07. The molecule has 0 unspecified atom stereocenters. The number of anilines is 1. The molecule has 10 heteroatoms. The number of rotatable bonds is 4. The second kappa shape index (κ2) is 9.61. The van der Waals surface area contributed by atoms with Crippen LogP contribution < -0.4 is 19.5 Å². The van der Waals surface area contributed by atoms with Crippen LogP contribution in [0, 0.1) is 0 Å². The third-order valence-electron chi connectivity index (χ3n) is 6.91. The molecule has 0 aliphatic carbocycles. The molecular formula is C27H27N3O7. The highest BCUT2D eigenvalue weighted by Gasteiger charge is 2.44. The van der Waals surface area contributed by atoms with Gasteiger partial charge < -0.3 is 23.8 Å². The first-order valence-electron chi connectivity index (χ1n) is 11.9. The molecular weight excluding hydrogens is 478 g/mol. The minimum absolute atomic E-state index is 0.0671. The number of hydrogen-bond acceptors (Lipinski definition) is 8. The lowest BCUT2D eigenvalue weighted by molar-refractivity contribution is -0.00584. The van der Waals surface area contributed by atoms with Gasteiger partial charge in [-0.3, -0.25) is 14.9 Å². The van der Waals surface area contributed by atoms with Crippen LogP contribution in [0.5, 0.6) is 17.2 Å². The number of piperidine rings is 1. The van der Waals surface area contributed by atoms with Crippen molar-refractivity contribution in [1.82, 2.24) is 9.88 Å². The summed E-state index contributed by atoms with van der Waals surface area (Å²) in [4.78, 5) is 44.2. The first-order valence-corrected chi connectivity index (χ1v) is 11.9. The van der Waals surface area contributed by atoms with E-state index in [0.717, 1.165) is 5.39 Å². The number of fused-ring (bicyclic) bond motifs is 2. The van der Waals surface area contributed by atoms with Crippen molar-refractivity contribution in [3.05, 3.63) is 53.7 Å². The Labute approximate surface area is 213 Å². The zero-order valence-electron chi connectivity index (χ0n) is 20.8. The fraction of sp³-hybridized carbons (Fsp3) is 0.333. The van der Waals surface area contributed by atoms with Gasteiger partial charge in [0.05, 0.1) is 33.3 Å². The van der Waals surface area contributed by atoms with Crippen LogP contribution in [0.2, 0.25) is 0 Å². The van der Waals surface area contributed by atoms with E-state index in [1.807, 2.05) is 12.1 Å². The number of pyridine rings is 1. The summed E-state index contributed by atoms with van der Waals surface area (Å²) in [5.74, 6) is 1.28. The number of para-hydroxylation sites is 1. The van der Waals surface area contributed by atoms with Crippen molar-refractivity contribution in [1.29, 1.82) is 0 Å². The Morgan fingerprint density at radius 3 is 2.49 bits per heavy atom. The van der Waals surface area contributed by atoms with Crippen LogP contribution in [0.1, 0.15) is 40.1 Å². The van der Waals surface area contributed by atoms with E-state index in [4.69, 9.17) is 14.2 Å². The SMILES string of the molecule is COC(=O)Nc1ccc2c(c1)C(=O)CC1(CCN(C(=O)c3cc(OC)c4cccc(OC)c4n3)CC1)O2. The van der Waals surface area contributed by atoms with Crippen molar-refractivity contribution in [2.45, 2.75) is 24.9 Å². The van der Waals surface area contributed by atoms with Gasteiger partial charge in [0.2, 0.25) is 0 Å². The summed E-state index contributed by atoms with van der Waals surface area (Å²) < 4.78 is 21.9. The number of nitrogens with zero attached hydrogens (tertiary/aromatic N) is 2. The van der Waals surface area contributed by atoms with E-state index < -0.39 is 11.7 Å². The van der Waals surface area contributed by atoms with Crippen LogP contribution in [0.15, 0.2) is 42.5 Å². The van der Waals surface area contributed by atoms with Crippen LogP contribution >= 0.6 is 0 Å². The Hall–Kier alpha value is -4.34. The quantitative estimate of drug-likeness (QED) is 0.564. The number of ether oxygens (including phenoxy) is 4. The van der Waals surface area contributed by atoms with Gasteiger partial charge in [0, 0.05) is 43.1 Å². The number of carbonyl (C=O) groups excluding carboxylic acids is 3. The topological polar surface area (TPSA) is 116 Å². The molecule has 0 atom stereocenters. The lowest BCUT2D eigenvalue weighted by Crippen LogP contribution is -2.52. The van der Waals surface area contributed by atoms with Gasteiger partial charge in [-0.05, 0) is 30.3 Å². The summed E-state index contributed by atoms with van der Waals surface area (Å²) in [7, 11) is 4.38. The molecule has 5 rings (SSSR count). The number of carbonyl (C=O) groups is 3. The zero-order valence-corrected chi connectivity index (χ0v) is 20.8. The molecule has 0 bridgehead atoms. The molecule has 0 radical (unpaired) electrons. The number of amides is 2. The molecule has 2 amide bonds. The minimum Gasteiger partial charge on any atom is -0.496 e. The molecule has 37 heavy (non-hydrogen) atoms. The Morgan fingerprint density at radius 2 is 1.78 bits per heavy atom. The van der Waals surface area contributed by atoms with Gasteiger partial charge in [-0.15, -0.1) is 0 Å². The van der Waals surface area contributed by atoms with Gasteiger partial charge in [-0.2, -0.15) is 0 Å². The standard InChI is InChI=1S/C27H27N3O7/c1-34-22-6-4-5-17-23(35-2)14-19(29-24(17)22)25(32)30-11-9-27(10-12-30)15-20(31)18-13-16(28-26(33)36-3)7-8-21(18)37-27/h4-8,13-14H,9-12,15H2,1-3H3,(H,28,33). The number of benzene rings is 2. The number of ketones is 1. The summed E-state index contributed by atoms with van der Waals surface area (Å²) in [6.07, 6.45) is 0.582. The Balaban J connectivity index is 1.33. The van der Waals surface area contributed by atoms with Crippen LogP contribution in [0.3, 0.4) is 0 Å². The molecule has 1 saturated heterocycles. The van der Waals surface area contributed by atoms with Gasteiger partial charge >= 0.3 is 6.09 Å². The number of aromatic nitrogens is 1. The maximum atomic E-state index is 13.4. The lowest BCUT2D eigenvalue weighted by atomic mass is 9.82. The van der Waals surface area contributed by atoms with Crippen molar-refractivity contribution in [3.8, 4) is 17.2 Å². The molecule has 10 nitrogen and oxygen atoms in total. The molecule has 1 aromatic heterocycles. The fourth-order valence-electron chi connectivity index (χ4n) is 4.93. The molecule has 2 aromatic carbocycles. The summed E-state index contributed by atoms with van der Waals surface area (Å²) in [5, 5.41) is 3.32. The number of methoxy groups -OCH3 is 3. The average Bonchev–Trinajstić information content (AvgIpc) is 2.92. The molecule has 1 N–H and O–H groups in total. The van der Waals surface area contributed by atoms with E-state index in [0.29, 0.717) is 59.9 Å². The molecule has 2 aliphatic rings. The highest BCUT2D eigenvalue weighted by Crippen LogP contribution is 2.40. The maximum Gasteiger partial charge on any atom is 0.411 e. The van der Waals surface area contributed by atoms with Crippen molar-refractivity contribution in [2.24, 2.45) is 0 Å². The van der Waals surface area contributed by atoms with Crippen LogP contribution in [0.25, 0.3) is 10.9 Å². The number of nitrogens with one attached hydrogen (secondary N) is 1. The van der Waals surface area contributed by atoms with Crippen LogP contribution in [0.4, 0.5) is 10.5 Å². The molecule has 192 valence electrons. The predicted octanol–water partition coefficient (Wildman–Crippen LogP) is 4.07. The van der Waals surface area contributed by atoms with Gasteiger partial charge in [-0.25, -0.2) is 9.78 Å². The monoisotopic (exact) mass is 505 g/mol. The highest BCUT2D eigenvalue weighted by atomic mass is 16.5.